The highest BCUT2D eigenvalue weighted by Gasteiger charge is 2.04. The minimum absolute atomic E-state index is 0.242. The maximum atomic E-state index is 13.4. The number of aryl methyl sites for hydroxylation is 2. The molecular weight excluding hydrogens is 195 g/mol. The first kappa shape index (κ1) is 11.3. The van der Waals surface area contributed by atoms with Crippen molar-refractivity contribution < 1.29 is 13.9 Å². The summed E-state index contributed by atoms with van der Waals surface area (Å²) in [7, 11) is 1.23. The number of esters is 1. The predicted octanol–water partition coefficient (Wildman–Crippen LogP) is 1.97. The van der Waals surface area contributed by atoms with Crippen LogP contribution in [0.4, 0.5) is 4.39 Å². The SMILES string of the molecule is COC(=O)C#Cc1c(C)cc(C)cc1F. The van der Waals surface area contributed by atoms with Gasteiger partial charge in [-0.3, -0.25) is 0 Å². The van der Waals surface area contributed by atoms with Crippen molar-refractivity contribution in [1.29, 1.82) is 0 Å². The lowest BCUT2D eigenvalue weighted by atomic mass is 10.1. The van der Waals surface area contributed by atoms with Crippen LogP contribution in [-0.2, 0) is 9.53 Å². The standard InChI is InChI=1S/C12H11FO2/c1-8-6-9(2)10(11(13)7-8)4-5-12(14)15-3/h6-7H,1-3H3. The third kappa shape index (κ3) is 2.81. The van der Waals surface area contributed by atoms with E-state index in [1.54, 1.807) is 13.8 Å². The minimum Gasteiger partial charge on any atom is -0.459 e. The Kier molecular flexibility index (Phi) is 3.46. The molecule has 0 amide bonds. The van der Waals surface area contributed by atoms with E-state index in [2.05, 4.69) is 16.6 Å². The molecule has 78 valence electrons. The summed E-state index contributed by atoms with van der Waals surface area (Å²) in [5.41, 5.74) is 1.78. The fourth-order valence-electron chi connectivity index (χ4n) is 1.24. The molecule has 0 aliphatic rings. The lowest BCUT2D eigenvalue weighted by Gasteiger charge is -2.01. The Morgan fingerprint density at radius 2 is 2.07 bits per heavy atom. The van der Waals surface area contributed by atoms with E-state index in [0.717, 1.165) is 5.56 Å². The van der Waals surface area contributed by atoms with Gasteiger partial charge >= 0.3 is 5.97 Å². The Morgan fingerprint density at radius 1 is 1.40 bits per heavy atom. The molecule has 0 spiro atoms. The van der Waals surface area contributed by atoms with Gasteiger partial charge in [0.2, 0.25) is 0 Å². The molecule has 0 saturated carbocycles. The van der Waals surface area contributed by atoms with Crippen molar-refractivity contribution in [2.45, 2.75) is 13.8 Å². The third-order valence-corrected chi connectivity index (χ3v) is 1.91. The van der Waals surface area contributed by atoms with Gasteiger partial charge in [0, 0.05) is 5.92 Å². The molecule has 0 atom stereocenters. The van der Waals surface area contributed by atoms with Crippen molar-refractivity contribution in [2.75, 3.05) is 7.11 Å². The van der Waals surface area contributed by atoms with E-state index < -0.39 is 11.8 Å². The van der Waals surface area contributed by atoms with Gasteiger partial charge in [-0.15, -0.1) is 0 Å². The summed E-state index contributed by atoms with van der Waals surface area (Å²) in [6.45, 7) is 3.55. The van der Waals surface area contributed by atoms with Crippen molar-refractivity contribution in [3.63, 3.8) is 0 Å². The maximum absolute atomic E-state index is 13.4. The third-order valence-electron chi connectivity index (χ3n) is 1.91. The number of methoxy groups -OCH3 is 1. The van der Waals surface area contributed by atoms with Crippen molar-refractivity contribution in [3.05, 3.63) is 34.6 Å². The molecule has 1 aromatic rings. The van der Waals surface area contributed by atoms with Gasteiger partial charge in [0.05, 0.1) is 12.7 Å². The quantitative estimate of drug-likeness (QED) is 0.479. The molecule has 1 rings (SSSR count). The molecule has 0 fully saturated rings. The molecule has 3 heteroatoms. The summed E-state index contributed by atoms with van der Waals surface area (Å²) < 4.78 is 17.8. The monoisotopic (exact) mass is 206 g/mol. The largest absolute Gasteiger partial charge is 0.459 e. The molecule has 0 bridgehead atoms. The van der Waals surface area contributed by atoms with Crippen molar-refractivity contribution >= 4 is 5.97 Å². The second kappa shape index (κ2) is 4.61. The van der Waals surface area contributed by atoms with Crippen LogP contribution < -0.4 is 0 Å². The smallest absolute Gasteiger partial charge is 0.384 e. The molecule has 0 heterocycles. The van der Waals surface area contributed by atoms with Gasteiger partial charge in [-0.1, -0.05) is 12.0 Å². The van der Waals surface area contributed by atoms with Gasteiger partial charge in [-0.25, -0.2) is 9.18 Å². The van der Waals surface area contributed by atoms with Crippen LogP contribution in [-0.4, -0.2) is 13.1 Å². The lowest BCUT2D eigenvalue weighted by molar-refractivity contribution is -0.133. The number of hydrogen-bond donors (Lipinski definition) is 0. The number of hydrogen-bond acceptors (Lipinski definition) is 2. The average Bonchev–Trinajstić information content (AvgIpc) is 2.15. The molecule has 0 saturated heterocycles. The van der Waals surface area contributed by atoms with Crippen LogP contribution in [0.3, 0.4) is 0 Å². The highest BCUT2D eigenvalue weighted by atomic mass is 19.1. The Hall–Kier alpha value is -1.82. The average molecular weight is 206 g/mol. The zero-order valence-electron chi connectivity index (χ0n) is 8.85. The molecule has 15 heavy (non-hydrogen) atoms. The Bertz CT molecular complexity index is 429. The van der Waals surface area contributed by atoms with E-state index >= 15 is 0 Å². The second-order valence-corrected chi connectivity index (χ2v) is 3.18. The van der Waals surface area contributed by atoms with Crippen LogP contribution in [0.1, 0.15) is 16.7 Å². The molecule has 0 N–H and O–H groups in total. The fraction of sp³-hybridized carbons (Fsp3) is 0.250. The number of halogens is 1. The minimum atomic E-state index is -0.672. The van der Waals surface area contributed by atoms with Crippen molar-refractivity contribution in [3.8, 4) is 11.8 Å². The van der Waals surface area contributed by atoms with Crippen LogP contribution in [0.25, 0.3) is 0 Å². The summed E-state index contributed by atoms with van der Waals surface area (Å²) in [5.74, 6) is 3.57. The molecular formula is C12H11FO2. The van der Waals surface area contributed by atoms with E-state index in [0.29, 0.717) is 5.56 Å². The van der Waals surface area contributed by atoms with Gasteiger partial charge in [0.15, 0.2) is 0 Å². The molecule has 0 unspecified atom stereocenters. The zero-order chi connectivity index (χ0) is 11.4. The summed E-state index contributed by atoms with van der Waals surface area (Å²) in [5, 5.41) is 0. The Balaban J connectivity index is 3.14. The lowest BCUT2D eigenvalue weighted by Crippen LogP contribution is -1.96. The Morgan fingerprint density at radius 3 is 2.60 bits per heavy atom. The molecule has 0 aromatic heterocycles. The molecule has 0 radical (unpaired) electrons. The van der Waals surface area contributed by atoms with Crippen LogP contribution in [0.15, 0.2) is 12.1 Å². The van der Waals surface area contributed by atoms with Gasteiger partial charge in [0.1, 0.15) is 5.82 Å². The number of rotatable bonds is 0. The van der Waals surface area contributed by atoms with Crippen LogP contribution in [0.2, 0.25) is 0 Å². The van der Waals surface area contributed by atoms with Gasteiger partial charge < -0.3 is 4.74 Å². The summed E-state index contributed by atoms with van der Waals surface area (Å²) in [6, 6.07) is 3.19. The summed E-state index contributed by atoms with van der Waals surface area (Å²) in [6.07, 6.45) is 0. The number of ether oxygens (including phenoxy) is 1. The normalized spacial score (nSPS) is 9.07. The summed E-state index contributed by atoms with van der Waals surface area (Å²) >= 11 is 0. The first-order chi connectivity index (χ1) is 7.04. The topological polar surface area (TPSA) is 26.3 Å². The number of benzene rings is 1. The predicted molar refractivity (Wildman–Crippen MR) is 54.8 cm³/mol. The fourth-order valence-corrected chi connectivity index (χ4v) is 1.24. The van der Waals surface area contributed by atoms with E-state index in [4.69, 9.17) is 0 Å². The zero-order valence-corrected chi connectivity index (χ0v) is 8.85. The number of carbonyl (C=O) groups excluding carboxylic acids is 1. The van der Waals surface area contributed by atoms with E-state index in [1.807, 2.05) is 6.07 Å². The summed E-state index contributed by atoms with van der Waals surface area (Å²) in [4.78, 5) is 10.8. The van der Waals surface area contributed by atoms with E-state index in [9.17, 15) is 9.18 Å². The van der Waals surface area contributed by atoms with Crippen LogP contribution in [0.5, 0.6) is 0 Å². The van der Waals surface area contributed by atoms with Crippen molar-refractivity contribution in [1.82, 2.24) is 0 Å². The first-order valence-corrected chi connectivity index (χ1v) is 4.41. The Labute approximate surface area is 88.1 Å². The second-order valence-electron chi connectivity index (χ2n) is 3.18. The van der Waals surface area contributed by atoms with Gasteiger partial charge in [-0.05, 0) is 31.0 Å². The maximum Gasteiger partial charge on any atom is 0.384 e. The highest BCUT2D eigenvalue weighted by molar-refractivity contribution is 5.89. The van der Waals surface area contributed by atoms with E-state index in [1.165, 1.54) is 13.2 Å². The van der Waals surface area contributed by atoms with Crippen LogP contribution in [0, 0.1) is 31.5 Å². The number of carbonyl (C=O) groups is 1. The van der Waals surface area contributed by atoms with Crippen LogP contribution >= 0.6 is 0 Å². The highest BCUT2D eigenvalue weighted by Crippen LogP contribution is 2.14. The molecule has 1 aromatic carbocycles. The first-order valence-electron chi connectivity index (χ1n) is 4.41. The van der Waals surface area contributed by atoms with Crippen molar-refractivity contribution in [2.24, 2.45) is 0 Å². The van der Waals surface area contributed by atoms with Gasteiger partial charge in [0.25, 0.3) is 0 Å². The molecule has 0 aliphatic carbocycles. The molecule has 0 aliphatic heterocycles. The van der Waals surface area contributed by atoms with E-state index in [-0.39, 0.29) is 5.56 Å². The van der Waals surface area contributed by atoms with Gasteiger partial charge in [-0.2, -0.15) is 0 Å². The molecule has 2 nitrogen and oxygen atoms in total.